The molecule has 5 nitrogen and oxygen atoms in total. The van der Waals surface area contributed by atoms with Gasteiger partial charge in [-0.1, -0.05) is 13.3 Å². The molecule has 0 spiro atoms. The highest BCUT2D eigenvalue weighted by Crippen LogP contribution is 1.99. The maximum Gasteiger partial charge on any atom is 0.0737 e. The highest BCUT2D eigenvalue weighted by molar-refractivity contribution is 4.88. The summed E-state index contributed by atoms with van der Waals surface area (Å²) in [5, 5.41) is 30.1. The maximum absolute atomic E-state index is 11.2. The lowest BCUT2D eigenvalue weighted by Crippen LogP contribution is -2.42. The van der Waals surface area contributed by atoms with E-state index in [4.69, 9.17) is 5.11 Å². The predicted molar refractivity (Wildman–Crippen MR) is 59.5 cm³/mol. The Bertz CT molecular complexity index is 186. The van der Waals surface area contributed by atoms with E-state index in [1.807, 2.05) is 6.92 Å². The third kappa shape index (κ3) is 7.33. The summed E-state index contributed by atoms with van der Waals surface area (Å²) in [6.07, 6.45) is 2.96. The normalized spacial score (nSPS) is 17.7. The van der Waals surface area contributed by atoms with Crippen LogP contribution < -0.4 is 5.43 Å². The average Bonchev–Trinajstić information content (AvgIpc) is 2.15. The first-order valence-electron chi connectivity index (χ1n) is 5.24. The van der Waals surface area contributed by atoms with E-state index in [1.54, 1.807) is 13.8 Å². The van der Waals surface area contributed by atoms with Gasteiger partial charge in [0, 0.05) is 12.2 Å². The lowest BCUT2D eigenvalue weighted by molar-refractivity contribution is 0.123. The van der Waals surface area contributed by atoms with E-state index in [0.717, 1.165) is 6.42 Å². The van der Waals surface area contributed by atoms with Crippen LogP contribution in [0.1, 0.15) is 33.6 Å². The smallest absolute Gasteiger partial charge is 0.0737 e. The van der Waals surface area contributed by atoms with Crippen molar-refractivity contribution in [2.45, 2.75) is 51.9 Å². The molecule has 15 heavy (non-hydrogen) atoms. The predicted octanol–water partition coefficient (Wildman–Crippen LogP) is 0.735. The van der Waals surface area contributed by atoms with Crippen molar-refractivity contribution in [1.29, 1.82) is 0 Å². The Morgan fingerprint density at radius 3 is 2.47 bits per heavy atom. The molecule has 0 aromatic heterocycles. The number of nitrogens with one attached hydrogen (secondary N) is 1. The van der Waals surface area contributed by atoms with Crippen molar-refractivity contribution in [1.82, 2.24) is 10.6 Å². The first-order valence-corrected chi connectivity index (χ1v) is 5.24. The van der Waals surface area contributed by atoms with Gasteiger partial charge in [0.05, 0.1) is 12.2 Å². The number of hydrazine groups is 1. The van der Waals surface area contributed by atoms with E-state index in [1.165, 1.54) is 12.3 Å². The van der Waals surface area contributed by atoms with E-state index in [2.05, 4.69) is 5.43 Å². The van der Waals surface area contributed by atoms with E-state index in [9.17, 15) is 10.3 Å². The van der Waals surface area contributed by atoms with E-state index < -0.39 is 12.2 Å². The first kappa shape index (κ1) is 14.4. The Morgan fingerprint density at radius 2 is 2.00 bits per heavy atom. The Morgan fingerprint density at radius 1 is 1.40 bits per heavy atom. The van der Waals surface area contributed by atoms with Crippen LogP contribution in [0.5, 0.6) is 0 Å². The van der Waals surface area contributed by atoms with Crippen LogP contribution >= 0.6 is 0 Å². The topological polar surface area (TPSA) is 78.8 Å². The molecule has 5 heteroatoms. The molecule has 0 rings (SSSR count). The second-order valence-electron chi connectivity index (χ2n) is 3.68. The summed E-state index contributed by atoms with van der Waals surface area (Å²) in [6.45, 7) is 5.26. The summed E-state index contributed by atoms with van der Waals surface area (Å²) in [6, 6.07) is -0.324. The third-order valence-electron chi connectivity index (χ3n) is 2.08. The molecule has 0 saturated carbocycles. The second-order valence-corrected chi connectivity index (χ2v) is 3.68. The molecule has 0 amide bonds. The van der Waals surface area contributed by atoms with Crippen LogP contribution in [0.4, 0.5) is 0 Å². The van der Waals surface area contributed by atoms with Crippen LogP contribution in [-0.4, -0.2) is 33.6 Å². The highest BCUT2D eigenvalue weighted by Gasteiger charge is 2.06. The largest absolute Gasteiger partial charge is 0.744 e. The van der Waals surface area contributed by atoms with Crippen LogP contribution in [0, 0.1) is 5.21 Å². The van der Waals surface area contributed by atoms with Gasteiger partial charge in [-0.2, -0.15) is 0 Å². The lowest BCUT2D eigenvalue weighted by Gasteiger charge is -2.32. The van der Waals surface area contributed by atoms with Gasteiger partial charge in [-0.15, -0.1) is 0 Å². The van der Waals surface area contributed by atoms with E-state index in [0.29, 0.717) is 11.6 Å². The van der Waals surface area contributed by atoms with Crippen molar-refractivity contribution in [3.05, 3.63) is 17.5 Å². The van der Waals surface area contributed by atoms with Gasteiger partial charge in [0.15, 0.2) is 0 Å². The first-order chi connectivity index (χ1) is 6.97. The van der Waals surface area contributed by atoms with Crippen LogP contribution in [0.2, 0.25) is 0 Å². The molecule has 0 fully saturated rings. The number of aliphatic hydroxyl groups excluding tert-OH is 2. The van der Waals surface area contributed by atoms with Crippen molar-refractivity contribution in [3.8, 4) is 0 Å². The van der Waals surface area contributed by atoms with Crippen molar-refractivity contribution >= 4 is 0 Å². The molecule has 0 aromatic carbocycles. The average molecular weight is 217 g/mol. The van der Waals surface area contributed by atoms with Crippen LogP contribution in [-0.2, 0) is 0 Å². The van der Waals surface area contributed by atoms with Gasteiger partial charge in [-0.05, 0) is 26.3 Å². The Hall–Kier alpha value is -0.620. The van der Waals surface area contributed by atoms with Crippen molar-refractivity contribution < 1.29 is 10.2 Å². The number of aliphatic hydroxyl groups is 2. The molecule has 3 N–H and O–H groups in total. The molecule has 3 unspecified atom stereocenters. The van der Waals surface area contributed by atoms with Gasteiger partial charge in [0.2, 0.25) is 0 Å². The molecule has 90 valence electrons. The molecule has 0 radical (unpaired) electrons. The zero-order valence-corrected chi connectivity index (χ0v) is 9.55. The van der Waals surface area contributed by atoms with Gasteiger partial charge >= 0.3 is 0 Å². The van der Waals surface area contributed by atoms with Crippen LogP contribution in [0.25, 0.3) is 0 Å². The van der Waals surface area contributed by atoms with Gasteiger partial charge in [0.25, 0.3) is 0 Å². The fraction of sp³-hybridized carbons (Fsp3) is 0.800. The van der Waals surface area contributed by atoms with Crippen molar-refractivity contribution in [2.24, 2.45) is 0 Å². The summed E-state index contributed by atoms with van der Waals surface area (Å²) in [5.41, 5.74) is 2.51. The summed E-state index contributed by atoms with van der Waals surface area (Å²) < 4.78 is 0. The Balaban J connectivity index is 3.86. The Labute approximate surface area is 91.0 Å². The summed E-state index contributed by atoms with van der Waals surface area (Å²) in [7, 11) is 0. The molecule has 0 aliphatic heterocycles. The SMILES string of the molecule is CCCC(O)C=CN([O-])NC(C)C(C)O. The zero-order valence-electron chi connectivity index (χ0n) is 9.55. The Kier molecular flexibility index (Phi) is 7.33. The van der Waals surface area contributed by atoms with E-state index >= 15 is 0 Å². The molecular weight excluding hydrogens is 196 g/mol. The minimum Gasteiger partial charge on any atom is -0.744 e. The van der Waals surface area contributed by atoms with Crippen LogP contribution in [0.3, 0.4) is 0 Å². The quantitative estimate of drug-likeness (QED) is 0.548. The van der Waals surface area contributed by atoms with Gasteiger partial charge in [-0.3, -0.25) is 0 Å². The fourth-order valence-electron chi connectivity index (χ4n) is 0.921. The number of hydrogen-bond acceptors (Lipinski definition) is 5. The second kappa shape index (κ2) is 7.64. The maximum atomic E-state index is 11.2. The molecule has 3 atom stereocenters. The third-order valence-corrected chi connectivity index (χ3v) is 2.08. The van der Waals surface area contributed by atoms with Gasteiger partial charge in [-0.25, -0.2) is 5.43 Å². The zero-order chi connectivity index (χ0) is 11.8. The van der Waals surface area contributed by atoms with Gasteiger partial charge < -0.3 is 20.6 Å². The number of nitrogens with zero attached hydrogens (tertiary/aromatic N) is 1. The molecule has 0 aliphatic rings. The lowest BCUT2D eigenvalue weighted by atomic mass is 10.2. The van der Waals surface area contributed by atoms with Crippen molar-refractivity contribution in [3.63, 3.8) is 0 Å². The standard InChI is InChI=1S/C10H21N2O3/c1-4-5-10(14)6-7-12(15)11-8(2)9(3)13/h6-11,13-14H,4-5H2,1-3H3/q-1. The number of hydrogen-bond donors (Lipinski definition) is 3. The van der Waals surface area contributed by atoms with Gasteiger partial charge in [0.1, 0.15) is 0 Å². The summed E-state index contributed by atoms with van der Waals surface area (Å²) >= 11 is 0. The molecule has 0 saturated heterocycles. The molecular formula is C10H21N2O3-. The minimum absolute atomic E-state index is 0.324. The molecule has 0 aromatic rings. The molecule has 0 aliphatic carbocycles. The summed E-state index contributed by atoms with van der Waals surface area (Å²) in [4.78, 5) is 0. The number of rotatable bonds is 7. The number of hydroxylamine groups is 1. The monoisotopic (exact) mass is 217 g/mol. The van der Waals surface area contributed by atoms with Crippen LogP contribution in [0.15, 0.2) is 12.3 Å². The highest BCUT2D eigenvalue weighted by atomic mass is 16.5. The summed E-state index contributed by atoms with van der Waals surface area (Å²) in [5.74, 6) is 0. The van der Waals surface area contributed by atoms with E-state index in [-0.39, 0.29) is 6.04 Å². The van der Waals surface area contributed by atoms with Crippen molar-refractivity contribution in [2.75, 3.05) is 0 Å². The molecule has 0 heterocycles. The fourth-order valence-corrected chi connectivity index (χ4v) is 0.921. The molecule has 0 bridgehead atoms. The minimum atomic E-state index is -0.601.